The van der Waals surface area contributed by atoms with E-state index in [1.807, 2.05) is 72.0 Å². The van der Waals surface area contributed by atoms with Crippen LogP contribution >= 0.6 is 11.8 Å². The Hall–Kier alpha value is -3.69. The van der Waals surface area contributed by atoms with Crippen LogP contribution in [0.1, 0.15) is 18.9 Å². The van der Waals surface area contributed by atoms with Gasteiger partial charge in [0, 0.05) is 37.3 Å². The molecule has 0 fully saturated rings. The zero-order chi connectivity index (χ0) is 24.0. The molecule has 0 N–H and O–H groups in total. The Kier molecular flexibility index (Phi) is 7.06. The van der Waals surface area contributed by atoms with Crippen LogP contribution in [-0.2, 0) is 17.0 Å². The molecule has 5 aromatic rings. The Morgan fingerprint density at radius 2 is 1.86 bits per heavy atom. The summed E-state index contributed by atoms with van der Waals surface area (Å²) in [6.45, 7) is 3.71. The van der Waals surface area contributed by atoms with Gasteiger partial charge in [0.1, 0.15) is 11.5 Å². The number of aryl methyl sites for hydroxylation is 1. The average Bonchev–Trinajstić information content (AvgIpc) is 3.32. The first kappa shape index (κ1) is 23.1. The third kappa shape index (κ3) is 4.91. The maximum absolute atomic E-state index is 13.2. The zero-order valence-electron chi connectivity index (χ0n) is 19.3. The van der Waals surface area contributed by atoms with Crippen LogP contribution in [-0.4, -0.2) is 37.4 Å². The molecule has 5 rings (SSSR count). The van der Waals surface area contributed by atoms with Crippen LogP contribution in [0.2, 0.25) is 0 Å². The van der Waals surface area contributed by atoms with E-state index < -0.39 is 0 Å². The second-order valence-electron chi connectivity index (χ2n) is 7.83. The fourth-order valence-electron chi connectivity index (χ4n) is 3.90. The highest BCUT2D eigenvalue weighted by atomic mass is 32.2. The van der Waals surface area contributed by atoms with E-state index in [0.29, 0.717) is 47.6 Å². The van der Waals surface area contributed by atoms with Gasteiger partial charge in [0.25, 0.3) is 5.56 Å². The number of nitrogens with zero attached hydrogens (tertiary/aromatic N) is 5. The van der Waals surface area contributed by atoms with Gasteiger partial charge in [0.2, 0.25) is 5.78 Å². The third-order valence-corrected chi connectivity index (χ3v) is 6.52. The van der Waals surface area contributed by atoms with Gasteiger partial charge >= 0.3 is 0 Å². The van der Waals surface area contributed by atoms with Crippen molar-refractivity contribution in [2.75, 3.05) is 13.2 Å². The predicted octanol–water partition coefficient (Wildman–Crippen LogP) is 4.95. The molecular formula is C26H25N5O3S. The van der Waals surface area contributed by atoms with Crippen molar-refractivity contribution in [3.8, 4) is 11.5 Å². The maximum atomic E-state index is 13.2. The van der Waals surface area contributed by atoms with Crippen LogP contribution in [0, 0.1) is 0 Å². The summed E-state index contributed by atoms with van der Waals surface area (Å²) in [5.74, 6) is 2.60. The van der Waals surface area contributed by atoms with Gasteiger partial charge < -0.3 is 9.47 Å². The number of para-hydroxylation sites is 2. The van der Waals surface area contributed by atoms with E-state index in [-0.39, 0.29) is 5.56 Å². The van der Waals surface area contributed by atoms with Gasteiger partial charge in [0.05, 0.1) is 17.1 Å². The van der Waals surface area contributed by atoms with Gasteiger partial charge in [0.15, 0.2) is 5.16 Å². The quantitative estimate of drug-likeness (QED) is 0.204. The number of fused-ring (bicyclic) bond motifs is 3. The largest absolute Gasteiger partial charge is 0.455 e. The lowest BCUT2D eigenvalue weighted by molar-refractivity contribution is 0.141. The van der Waals surface area contributed by atoms with Crippen molar-refractivity contribution in [2.24, 2.45) is 0 Å². The molecule has 0 amide bonds. The van der Waals surface area contributed by atoms with E-state index in [0.717, 1.165) is 23.3 Å². The van der Waals surface area contributed by atoms with Gasteiger partial charge in [-0.1, -0.05) is 42.1 Å². The molecule has 3 heterocycles. The first-order valence-corrected chi connectivity index (χ1v) is 12.5. The lowest BCUT2D eigenvalue weighted by Crippen LogP contribution is -2.24. The summed E-state index contributed by atoms with van der Waals surface area (Å²) in [5.41, 5.74) is 1.75. The maximum Gasteiger partial charge on any atom is 0.262 e. The number of ether oxygens (including phenoxy) is 2. The fourth-order valence-corrected chi connectivity index (χ4v) is 4.83. The van der Waals surface area contributed by atoms with Crippen molar-refractivity contribution in [3.05, 3.63) is 89.0 Å². The summed E-state index contributed by atoms with van der Waals surface area (Å²) < 4.78 is 15.2. The summed E-state index contributed by atoms with van der Waals surface area (Å²) in [5, 5.41) is 10.2. The van der Waals surface area contributed by atoms with Crippen molar-refractivity contribution in [3.63, 3.8) is 0 Å². The van der Waals surface area contributed by atoms with Gasteiger partial charge in [-0.2, -0.15) is 0 Å². The molecule has 0 radical (unpaired) electrons. The van der Waals surface area contributed by atoms with Gasteiger partial charge in [-0.25, -0.2) is 0 Å². The molecule has 3 aromatic heterocycles. The smallest absolute Gasteiger partial charge is 0.262 e. The average molecular weight is 488 g/mol. The number of pyridine rings is 1. The van der Waals surface area contributed by atoms with Crippen molar-refractivity contribution in [2.45, 2.75) is 30.8 Å². The molecule has 0 aliphatic heterocycles. The molecule has 0 unspecified atom stereocenters. The number of aromatic nitrogens is 5. The molecule has 178 valence electrons. The Morgan fingerprint density at radius 1 is 1.00 bits per heavy atom. The molecule has 0 atom stereocenters. The number of hydrogen-bond acceptors (Lipinski definition) is 7. The molecule has 0 saturated carbocycles. The molecule has 8 nitrogen and oxygen atoms in total. The zero-order valence-corrected chi connectivity index (χ0v) is 20.1. The Labute approximate surface area is 206 Å². The Morgan fingerprint density at radius 3 is 2.71 bits per heavy atom. The van der Waals surface area contributed by atoms with Crippen molar-refractivity contribution in [1.82, 2.24) is 24.1 Å². The minimum absolute atomic E-state index is 0.0660. The van der Waals surface area contributed by atoms with Crippen LogP contribution in [0.4, 0.5) is 0 Å². The molecule has 0 saturated heterocycles. The van der Waals surface area contributed by atoms with E-state index >= 15 is 0 Å². The van der Waals surface area contributed by atoms with E-state index in [1.54, 1.807) is 28.7 Å². The molecule has 2 aromatic carbocycles. The summed E-state index contributed by atoms with van der Waals surface area (Å²) in [6, 6.07) is 19.2. The fraction of sp³-hybridized carbons (Fsp3) is 0.231. The van der Waals surface area contributed by atoms with Crippen LogP contribution in [0.3, 0.4) is 0 Å². The van der Waals surface area contributed by atoms with Crippen LogP contribution in [0.25, 0.3) is 16.7 Å². The van der Waals surface area contributed by atoms with Crippen molar-refractivity contribution < 1.29 is 9.47 Å². The summed E-state index contributed by atoms with van der Waals surface area (Å²) in [7, 11) is 0. The number of thioether (sulfide) groups is 1. The first-order chi connectivity index (χ1) is 17.3. The highest BCUT2D eigenvalue weighted by Crippen LogP contribution is 2.31. The summed E-state index contributed by atoms with van der Waals surface area (Å²) >= 11 is 1.55. The van der Waals surface area contributed by atoms with Crippen LogP contribution in [0.15, 0.2) is 83.0 Å². The highest BCUT2D eigenvalue weighted by Gasteiger charge is 2.17. The van der Waals surface area contributed by atoms with E-state index in [4.69, 9.17) is 9.47 Å². The molecule has 35 heavy (non-hydrogen) atoms. The number of rotatable bonds is 10. The van der Waals surface area contributed by atoms with Crippen molar-refractivity contribution >= 4 is 28.4 Å². The number of benzene rings is 2. The topological polar surface area (TPSA) is 83.5 Å². The van der Waals surface area contributed by atoms with E-state index in [9.17, 15) is 4.79 Å². The van der Waals surface area contributed by atoms with E-state index in [2.05, 4.69) is 15.2 Å². The first-order valence-electron chi connectivity index (χ1n) is 11.5. The minimum Gasteiger partial charge on any atom is -0.455 e. The molecule has 0 bridgehead atoms. The van der Waals surface area contributed by atoms with Gasteiger partial charge in [-0.05, 0) is 43.7 Å². The van der Waals surface area contributed by atoms with Gasteiger partial charge in [-0.3, -0.25) is 18.7 Å². The van der Waals surface area contributed by atoms with E-state index in [1.165, 1.54) is 0 Å². The van der Waals surface area contributed by atoms with Crippen LogP contribution < -0.4 is 10.3 Å². The molecule has 0 aliphatic carbocycles. The lowest BCUT2D eigenvalue weighted by Gasteiger charge is -2.12. The second kappa shape index (κ2) is 10.7. The summed E-state index contributed by atoms with van der Waals surface area (Å²) in [4.78, 5) is 17.3. The Balaban J connectivity index is 1.47. The van der Waals surface area contributed by atoms with Crippen molar-refractivity contribution in [1.29, 1.82) is 0 Å². The normalized spacial score (nSPS) is 11.3. The molecule has 9 heteroatoms. The molecular weight excluding hydrogens is 462 g/mol. The second-order valence-corrected chi connectivity index (χ2v) is 8.77. The minimum atomic E-state index is -0.0660. The predicted molar refractivity (Wildman–Crippen MR) is 136 cm³/mol. The molecule has 0 spiro atoms. The Bertz CT molecular complexity index is 1500. The van der Waals surface area contributed by atoms with Gasteiger partial charge in [-0.15, -0.1) is 10.2 Å². The standard InChI is InChI=1S/C26H25N5O3S/c1-2-33-16-8-15-30-24(32)21-11-4-5-12-22(21)31-25(30)28-29-26(31)35-18-19-9-3-6-13-23(19)34-20-10-7-14-27-17-20/h3-7,9-14,17H,2,8,15-16,18H2,1H3. The summed E-state index contributed by atoms with van der Waals surface area (Å²) in [6.07, 6.45) is 4.12. The lowest BCUT2D eigenvalue weighted by atomic mass is 10.2. The number of hydrogen-bond donors (Lipinski definition) is 0. The highest BCUT2D eigenvalue weighted by molar-refractivity contribution is 7.98. The van der Waals surface area contributed by atoms with Crippen LogP contribution in [0.5, 0.6) is 11.5 Å². The monoisotopic (exact) mass is 487 g/mol. The third-order valence-electron chi connectivity index (χ3n) is 5.54. The SMILES string of the molecule is CCOCCCn1c(=O)c2ccccc2n2c(SCc3ccccc3Oc3cccnc3)nnc12. The molecule has 0 aliphatic rings.